The van der Waals surface area contributed by atoms with E-state index in [0.29, 0.717) is 25.9 Å². The number of carbonyl (C=O) groups excluding carboxylic acids is 4. The number of nitrogens with two attached hydrogens (primary N) is 2. The fourth-order valence-corrected chi connectivity index (χ4v) is 7.87. The molecule has 0 bridgehead atoms. The number of benzene rings is 2. The fourth-order valence-electron chi connectivity index (χ4n) is 7.87. The molecule has 2 aromatic heterocycles. The number of rotatable bonds is 11. The molecule has 0 radical (unpaired) electrons. The van der Waals surface area contributed by atoms with E-state index in [9.17, 15) is 19.2 Å². The van der Waals surface area contributed by atoms with Crippen LogP contribution >= 0.6 is 0 Å². The highest BCUT2D eigenvalue weighted by Gasteiger charge is 2.39. The van der Waals surface area contributed by atoms with Gasteiger partial charge in [-0.2, -0.15) is 0 Å². The average molecular weight is 711 g/mol. The number of hydrogen-bond donors (Lipinski definition) is 4. The van der Waals surface area contributed by atoms with Crippen molar-refractivity contribution in [3.63, 3.8) is 0 Å². The zero-order valence-electron chi connectivity index (χ0n) is 30.0. The summed E-state index contributed by atoms with van der Waals surface area (Å²) >= 11 is 0. The van der Waals surface area contributed by atoms with Gasteiger partial charge in [-0.05, 0) is 93.3 Å². The third-order valence-electron chi connectivity index (χ3n) is 10.5. The van der Waals surface area contributed by atoms with Gasteiger partial charge in [-0.1, -0.05) is 50.2 Å². The van der Waals surface area contributed by atoms with E-state index in [1.54, 1.807) is 0 Å². The number of likely N-dealkylation sites (tertiary alicyclic amines) is 2. The molecule has 2 aliphatic heterocycles. The van der Waals surface area contributed by atoms with Crippen molar-refractivity contribution in [1.82, 2.24) is 29.7 Å². The number of nitrogens with zero attached hydrogens (tertiary/aromatic N) is 4. The molecule has 2 aromatic carbocycles. The number of primary amides is 2. The van der Waals surface area contributed by atoms with Crippen LogP contribution in [0.1, 0.15) is 87.2 Å². The van der Waals surface area contributed by atoms with Gasteiger partial charge in [0, 0.05) is 5.56 Å². The van der Waals surface area contributed by atoms with Gasteiger partial charge in [0.1, 0.15) is 23.7 Å². The van der Waals surface area contributed by atoms with Gasteiger partial charge in [0.15, 0.2) is 0 Å². The second kappa shape index (κ2) is 15.5. The first-order valence-corrected chi connectivity index (χ1v) is 17.9. The van der Waals surface area contributed by atoms with Gasteiger partial charge in [-0.25, -0.2) is 29.1 Å². The number of H-pyrrole nitrogens is 2. The molecule has 2 amide bonds. The molecule has 4 atom stereocenters. The number of aromatic amines is 2. The fraction of sp³-hybridized carbons (Fsp3) is 0.421. The van der Waals surface area contributed by atoms with Crippen molar-refractivity contribution >= 4 is 24.1 Å². The van der Waals surface area contributed by atoms with Gasteiger partial charge >= 0.3 is 24.1 Å². The van der Waals surface area contributed by atoms with Crippen molar-refractivity contribution in [2.24, 2.45) is 11.5 Å². The molecule has 2 aliphatic rings. The molecule has 14 nitrogen and oxygen atoms in total. The van der Waals surface area contributed by atoms with Crippen LogP contribution in [-0.4, -0.2) is 79.0 Å². The van der Waals surface area contributed by atoms with Crippen molar-refractivity contribution in [3.05, 3.63) is 71.6 Å². The highest BCUT2D eigenvalue weighted by molar-refractivity contribution is 5.87. The Kier molecular flexibility index (Phi) is 10.9. The number of carbonyl (C=O) groups is 4. The molecule has 274 valence electrons. The van der Waals surface area contributed by atoms with Crippen molar-refractivity contribution in [3.8, 4) is 33.6 Å². The molecule has 0 spiro atoms. The third kappa shape index (κ3) is 7.34. The van der Waals surface area contributed by atoms with Crippen molar-refractivity contribution in [2.45, 2.75) is 90.4 Å². The van der Waals surface area contributed by atoms with E-state index < -0.39 is 36.2 Å². The second-order valence-corrected chi connectivity index (χ2v) is 13.5. The molecule has 0 saturated carbocycles. The van der Waals surface area contributed by atoms with E-state index in [1.165, 1.54) is 0 Å². The Hall–Kier alpha value is -5.34. The lowest BCUT2D eigenvalue weighted by molar-refractivity contribution is -0.145. The standard InChI is InChI=1S/C38H46N8O6/c1-5-29(35(47)51-37(39)49)45-17-7-9-31(45)33-41-19-27(43-33)24-13-11-23(12-14-24)25-15-16-26(22(4)21(25)3)28-20-42-34(44-28)32-10-8-18-46(32)30(6-2)36(48)52-38(40)50/h11-16,19-20,29-32H,5-10,17-18H2,1-4H3,(H2,39,49)(H2,40,50)(H,41,43)(H,42,44)/t29-,30-,31?,32?/m1/s1. The highest BCUT2D eigenvalue weighted by Crippen LogP contribution is 2.38. The van der Waals surface area contributed by atoms with Gasteiger partial charge in [0.25, 0.3) is 0 Å². The quantitative estimate of drug-likeness (QED) is 0.108. The van der Waals surface area contributed by atoms with Gasteiger partial charge < -0.3 is 30.9 Å². The summed E-state index contributed by atoms with van der Waals surface area (Å²) in [4.78, 5) is 68.1. The minimum Gasteiger partial charge on any atom is -0.375 e. The number of ether oxygens (including phenoxy) is 2. The predicted octanol–water partition coefficient (Wildman–Crippen LogP) is 5.83. The molecular formula is C38H46N8O6. The third-order valence-corrected chi connectivity index (χ3v) is 10.5. The lowest BCUT2D eigenvalue weighted by atomic mass is 9.92. The summed E-state index contributed by atoms with van der Waals surface area (Å²) in [5.41, 5.74) is 18.5. The smallest absolute Gasteiger partial charge is 0.375 e. The molecule has 52 heavy (non-hydrogen) atoms. The Balaban J connectivity index is 1.17. The lowest BCUT2D eigenvalue weighted by Crippen LogP contribution is -2.42. The Morgan fingerprint density at radius 2 is 1.15 bits per heavy atom. The SMILES string of the molecule is CC[C@H](C(=O)OC(N)=O)N1CCCC1c1ncc(-c2ccc(-c3ccc(-c4cnc(C5CCCN5[C@H](CC)C(=O)OC(N)=O)[nH]4)c(C)c3C)cc2)[nH]1. The Bertz CT molecular complexity index is 1950. The number of aromatic nitrogens is 4. The van der Waals surface area contributed by atoms with E-state index in [2.05, 4.69) is 65.2 Å². The molecule has 0 aliphatic carbocycles. The maximum Gasteiger partial charge on any atom is 0.412 e. The number of hydrogen-bond acceptors (Lipinski definition) is 10. The summed E-state index contributed by atoms with van der Waals surface area (Å²) in [6.45, 7) is 9.37. The molecule has 2 saturated heterocycles. The Labute approximate surface area is 302 Å². The van der Waals surface area contributed by atoms with Crippen LogP contribution in [0.3, 0.4) is 0 Å². The normalized spacial score (nSPS) is 19.0. The summed E-state index contributed by atoms with van der Waals surface area (Å²) in [6, 6.07) is 11.2. The molecule has 6 rings (SSSR count). The van der Waals surface area contributed by atoms with Crippen molar-refractivity contribution in [1.29, 1.82) is 0 Å². The molecule has 4 aromatic rings. The molecule has 4 heterocycles. The van der Waals surface area contributed by atoms with Crippen molar-refractivity contribution < 1.29 is 28.7 Å². The summed E-state index contributed by atoms with van der Waals surface area (Å²) in [5.74, 6) is 0.265. The largest absolute Gasteiger partial charge is 0.412 e. The van der Waals surface area contributed by atoms with Crippen LogP contribution in [0.4, 0.5) is 9.59 Å². The molecule has 6 N–H and O–H groups in total. The summed E-state index contributed by atoms with van der Waals surface area (Å²) in [6.07, 6.45) is 5.87. The monoisotopic (exact) mass is 710 g/mol. The van der Waals surface area contributed by atoms with Crippen LogP contribution in [-0.2, 0) is 19.1 Å². The minimum absolute atomic E-state index is 0.106. The second-order valence-electron chi connectivity index (χ2n) is 13.5. The first-order valence-electron chi connectivity index (χ1n) is 17.9. The minimum atomic E-state index is -1.10. The highest BCUT2D eigenvalue weighted by atomic mass is 16.6. The number of amides is 2. The lowest BCUT2D eigenvalue weighted by Gasteiger charge is -2.29. The number of esters is 2. The van der Waals surface area contributed by atoms with E-state index >= 15 is 0 Å². The summed E-state index contributed by atoms with van der Waals surface area (Å²) in [5, 5.41) is 0. The van der Waals surface area contributed by atoms with E-state index in [-0.39, 0.29) is 12.1 Å². The van der Waals surface area contributed by atoms with E-state index in [0.717, 1.165) is 82.1 Å². The van der Waals surface area contributed by atoms with Crippen LogP contribution in [0, 0.1) is 13.8 Å². The van der Waals surface area contributed by atoms with Gasteiger partial charge in [-0.3, -0.25) is 9.80 Å². The van der Waals surface area contributed by atoms with Crippen LogP contribution in [0.15, 0.2) is 48.8 Å². The first-order chi connectivity index (χ1) is 25.0. The van der Waals surface area contributed by atoms with Gasteiger partial charge in [0.05, 0.1) is 35.9 Å². The average Bonchev–Trinajstić information content (AvgIpc) is 3.94. The molecule has 2 unspecified atom stereocenters. The van der Waals surface area contributed by atoms with E-state index in [4.69, 9.17) is 25.9 Å². The Morgan fingerprint density at radius 1 is 0.712 bits per heavy atom. The molecule has 2 fully saturated rings. The number of nitrogens with one attached hydrogen (secondary N) is 2. The summed E-state index contributed by atoms with van der Waals surface area (Å²) in [7, 11) is 0. The van der Waals surface area contributed by atoms with Crippen LogP contribution in [0.2, 0.25) is 0 Å². The zero-order valence-corrected chi connectivity index (χ0v) is 30.0. The van der Waals surface area contributed by atoms with Crippen molar-refractivity contribution in [2.75, 3.05) is 13.1 Å². The zero-order chi connectivity index (χ0) is 37.1. The molecular weight excluding hydrogens is 664 g/mol. The topological polar surface area (TPSA) is 203 Å². The maximum absolute atomic E-state index is 12.6. The Morgan fingerprint density at radius 3 is 1.65 bits per heavy atom. The van der Waals surface area contributed by atoms with Crippen LogP contribution in [0.25, 0.3) is 33.6 Å². The maximum atomic E-state index is 12.6. The van der Waals surface area contributed by atoms with Gasteiger partial charge in [-0.15, -0.1) is 0 Å². The van der Waals surface area contributed by atoms with Crippen LogP contribution < -0.4 is 11.5 Å². The first kappa shape index (κ1) is 36.5. The molecule has 14 heteroatoms. The van der Waals surface area contributed by atoms with Gasteiger partial charge in [0.2, 0.25) is 0 Å². The number of imidazole rings is 2. The van der Waals surface area contributed by atoms with Crippen LogP contribution in [0.5, 0.6) is 0 Å². The van der Waals surface area contributed by atoms with E-state index in [1.807, 2.05) is 36.0 Å². The summed E-state index contributed by atoms with van der Waals surface area (Å²) < 4.78 is 9.44. The predicted molar refractivity (Wildman–Crippen MR) is 193 cm³/mol.